The number of nitrogens with two attached hydrogens (primary N) is 1. The van der Waals surface area contributed by atoms with Gasteiger partial charge in [-0.1, -0.05) is 6.07 Å². The van der Waals surface area contributed by atoms with Crippen molar-refractivity contribution in [3.8, 4) is 11.5 Å². The highest BCUT2D eigenvalue weighted by atomic mass is 16.5. The average Bonchev–Trinajstić information content (AvgIpc) is 2.25. The van der Waals surface area contributed by atoms with E-state index < -0.39 is 0 Å². The van der Waals surface area contributed by atoms with Gasteiger partial charge in [0.15, 0.2) is 0 Å². The van der Waals surface area contributed by atoms with E-state index in [1.54, 1.807) is 0 Å². The van der Waals surface area contributed by atoms with Crippen LogP contribution in [0.1, 0.15) is 19.8 Å². The van der Waals surface area contributed by atoms with Crippen molar-refractivity contribution < 1.29 is 9.47 Å². The van der Waals surface area contributed by atoms with Crippen molar-refractivity contribution in [3.63, 3.8) is 0 Å². The minimum Gasteiger partial charge on any atom is -0.494 e. The Morgan fingerprint density at radius 1 is 1.31 bits per heavy atom. The lowest BCUT2D eigenvalue weighted by Crippen LogP contribution is -2.10. The Hall–Kier alpha value is -1.71. The second kappa shape index (κ2) is 6.71. The van der Waals surface area contributed by atoms with E-state index in [-0.39, 0.29) is 5.84 Å². The smallest absolute Gasteiger partial charge is 0.122 e. The molecular weight excluding hydrogens is 204 g/mol. The van der Waals surface area contributed by atoms with Crippen molar-refractivity contribution in [3.05, 3.63) is 24.3 Å². The average molecular weight is 222 g/mol. The van der Waals surface area contributed by atoms with Crippen LogP contribution in [0, 0.1) is 5.41 Å². The third-order valence-corrected chi connectivity index (χ3v) is 1.98. The largest absolute Gasteiger partial charge is 0.494 e. The molecule has 16 heavy (non-hydrogen) atoms. The molecule has 0 aromatic heterocycles. The van der Waals surface area contributed by atoms with E-state index in [9.17, 15) is 0 Å². The number of ether oxygens (including phenoxy) is 2. The van der Waals surface area contributed by atoms with Gasteiger partial charge in [0.1, 0.15) is 11.5 Å². The highest BCUT2D eigenvalue weighted by Crippen LogP contribution is 2.19. The van der Waals surface area contributed by atoms with E-state index in [1.807, 2.05) is 31.2 Å². The SMILES string of the molecule is CCOc1cccc(OCCCC(=N)N)c1. The van der Waals surface area contributed by atoms with Gasteiger partial charge >= 0.3 is 0 Å². The molecule has 0 aliphatic rings. The molecule has 4 nitrogen and oxygen atoms in total. The Morgan fingerprint density at radius 3 is 2.62 bits per heavy atom. The molecule has 1 aromatic rings. The number of hydrogen-bond donors (Lipinski definition) is 2. The Morgan fingerprint density at radius 2 is 2.00 bits per heavy atom. The molecular formula is C12H18N2O2. The molecule has 0 fully saturated rings. The summed E-state index contributed by atoms with van der Waals surface area (Å²) >= 11 is 0. The van der Waals surface area contributed by atoms with Crippen LogP contribution >= 0.6 is 0 Å². The Kier molecular flexibility index (Phi) is 5.19. The summed E-state index contributed by atoms with van der Waals surface area (Å²) in [4.78, 5) is 0. The van der Waals surface area contributed by atoms with E-state index in [4.69, 9.17) is 20.6 Å². The monoisotopic (exact) mass is 222 g/mol. The van der Waals surface area contributed by atoms with Gasteiger partial charge in [0, 0.05) is 12.5 Å². The standard InChI is InChI=1S/C12H18N2O2/c1-2-15-10-5-3-6-11(9-10)16-8-4-7-12(13)14/h3,5-6,9H,2,4,7-8H2,1H3,(H3,13,14). The van der Waals surface area contributed by atoms with Crippen molar-refractivity contribution in [2.45, 2.75) is 19.8 Å². The van der Waals surface area contributed by atoms with Crippen molar-refractivity contribution in [2.24, 2.45) is 5.73 Å². The summed E-state index contributed by atoms with van der Waals surface area (Å²) in [5.41, 5.74) is 5.24. The molecule has 0 saturated heterocycles. The topological polar surface area (TPSA) is 68.3 Å². The minimum absolute atomic E-state index is 0.201. The quantitative estimate of drug-likeness (QED) is 0.422. The summed E-state index contributed by atoms with van der Waals surface area (Å²) in [7, 11) is 0. The Bertz CT molecular complexity index is 340. The number of nitrogens with one attached hydrogen (secondary N) is 1. The first kappa shape index (κ1) is 12.4. The van der Waals surface area contributed by atoms with Crippen LogP contribution in [0.15, 0.2) is 24.3 Å². The van der Waals surface area contributed by atoms with E-state index >= 15 is 0 Å². The van der Waals surface area contributed by atoms with Gasteiger partial charge in [-0.3, -0.25) is 5.41 Å². The number of rotatable bonds is 7. The lowest BCUT2D eigenvalue weighted by atomic mass is 10.3. The second-order valence-electron chi connectivity index (χ2n) is 3.39. The first-order chi connectivity index (χ1) is 7.72. The zero-order valence-electron chi connectivity index (χ0n) is 9.53. The van der Waals surface area contributed by atoms with Crippen LogP contribution in [0.5, 0.6) is 11.5 Å². The Balaban J connectivity index is 2.35. The number of amidine groups is 1. The van der Waals surface area contributed by atoms with Crippen LogP contribution in [-0.4, -0.2) is 19.0 Å². The summed E-state index contributed by atoms with van der Waals surface area (Å²) in [5.74, 6) is 1.80. The fourth-order valence-corrected chi connectivity index (χ4v) is 1.27. The van der Waals surface area contributed by atoms with Gasteiger partial charge in [-0.2, -0.15) is 0 Å². The van der Waals surface area contributed by atoms with Gasteiger partial charge in [-0.15, -0.1) is 0 Å². The molecule has 4 heteroatoms. The summed E-state index contributed by atoms with van der Waals surface area (Å²) in [6.07, 6.45) is 1.33. The Labute approximate surface area is 95.9 Å². The second-order valence-corrected chi connectivity index (χ2v) is 3.39. The molecule has 0 radical (unpaired) electrons. The third-order valence-electron chi connectivity index (χ3n) is 1.98. The van der Waals surface area contributed by atoms with Crippen molar-refractivity contribution in [1.82, 2.24) is 0 Å². The molecule has 3 N–H and O–H groups in total. The first-order valence-electron chi connectivity index (χ1n) is 5.41. The van der Waals surface area contributed by atoms with Crippen LogP contribution < -0.4 is 15.2 Å². The third kappa shape index (κ3) is 4.68. The first-order valence-corrected chi connectivity index (χ1v) is 5.41. The molecule has 0 saturated carbocycles. The van der Waals surface area contributed by atoms with Gasteiger partial charge < -0.3 is 15.2 Å². The number of benzene rings is 1. The van der Waals surface area contributed by atoms with Crippen molar-refractivity contribution in [2.75, 3.05) is 13.2 Å². The molecule has 0 atom stereocenters. The molecule has 0 bridgehead atoms. The van der Waals surface area contributed by atoms with Crippen molar-refractivity contribution >= 4 is 5.84 Å². The summed E-state index contributed by atoms with van der Waals surface area (Å²) in [6.45, 7) is 3.16. The predicted octanol–water partition coefficient (Wildman–Crippen LogP) is 2.18. The summed E-state index contributed by atoms with van der Waals surface area (Å²) < 4.78 is 10.9. The van der Waals surface area contributed by atoms with Gasteiger partial charge in [0.05, 0.1) is 19.0 Å². The van der Waals surface area contributed by atoms with Crippen LogP contribution in [0.3, 0.4) is 0 Å². The molecule has 0 spiro atoms. The van der Waals surface area contributed by atoms with E-state index in [1.165, 1.54) is 0 Å². The van der Waals surface area contributed by atoms with Crippen LogP contribution in [-0.2, 0) is 0 Å². The maximum Gasteiger partial charge on any atom is 0.122 e. The zero-order valence-corrected chi connectivity index (χ0v) is 9.53. The molecule has 0 aliphatic heterocycles. The molecule has 1 rings (SSSR count). The maximum atomic E-state index is 7.07. The fraction of sp³-hybridized carbons (Fsp3) is 0.417. The molecule has 1 aromatic carbocycles. The van der Waals surface area contributed by atoms with E-state index in [0.717, 1.165) is 17.9 Å². The zero-order chi connectivity index (χ0) is 11.8. The number of hydrogen-bond acceptors (Lipinski definition) is 3. The highest BCUT2D eigenvalue weighted by molar-refractivity contribution is 5.76. The molecule has 0 unspecified atom stereocenters. The lowest BCUT2D eigenvalue weighted by Gasteiger charge is -2.08. The lowest BCUT2D eigenvalue weighted by molar-refractivity contribution is 0.306. The van der Waals surface area contributed by atoms with Crippen LogP contribution in [0.2, 0.25) is 0 Å². The predicted molar refractivity (Wildman–Crippen MR) is 64.3 cm³/mol. The van der Waals surface area contributed by atoms with Gasteiger partial charge in [-0.25, -0.2) is 0 Å². The van der Waals surface area contributed by atoms with Gasteiger partial charge in [0.25, 0.3) is 0 Å². The summed E-state index contributed by atoms with van der Waals surface area (Å²) in [6, 6.07) is 7.53. The summed E-state index contributed by atoms with van der Waals surface area (Å²) in [5, 5.41) is 7.07. The molecule has 88 valence electrons. The molecule has 0 amide bonds. The van der Waals surface area contributed by atoms with Gasteiger partial charge in [-0.05, 0) is 25.5 Å². The molecule has 0 heterocycles. The molecule has 0 aliphatic carbocycles. The van der Waals surface area contributed by atoms with Crippen molar-refractivity contribution in [1.29, 1.82) is 5.41 Å². The van der Waals surface area contributed by atoms with Crippen LogP contribution in [0.4, 0.5) is 0 Å². The maximum absolute atomic E-state index is 7.07. The van der Waals surface area contributed by atoms with E-state index in [0.29, 0.717) is 19.6 Å². The normalized spacial score (nSPS) is 9.81. The minimum atomic E-state index is 0.201. The van der Waals surface area contributed by atoms with E-state index in [2.05, 4.69) is 0 Å². The van der Waals surface area contributed by atoms with Gasteiger partial charge in [0.2, 0.25) is 0 Å². The fourth-order valence-electron chi connectivity index (χ4n) is 1.27. The highest BCUT2D eigenvalue weighted by Gasteiger charge is 1.97. The van der Waals surface area contributed by atoms with Crippen LogP contribution in [0.25, 0.3) is 0 Å².